The minimum absolute atomic E-state index is 0.133. The summed E-state index contributed by atoms with van der Waals surface area (Å²) in [6.07, 6.45) is 1.32. The lowest BCUT2D eigenvalue weighted by atomic mass is 10.1. The number of amides is 2. The van der Waals surface area contributed by atoms with Crippen LogP contribution < -0.4 is 10.2 Å². The van der Waals surface area contributed by atoms with Crippen LogP contribution in [0.15, 0.2) is 48.5 Å². The summed E-state index contributed by atoms with van der Waals surface area (Å²) < 4.78 is 0. The van der Waals surface area contributed by atoms with Crippen molar-refractivity contribution in [1.29, 1.82) is 0 Å². The molecule has 0 aliphatic carbocycles. The highest BCUT2D eigenvalue weighted by molar-refractivity contribution is 5.90. The Balaban J connectivity index is 1.49. The minimum Gasteiger partial charge on any atom is -0.391 e. The van der Waals surface area contributed by atoms with E-state index in [1.165, 1.54) is 11.3 Å². The molecule has 1 atom stereocenters. The van der Waals surface area contributed by atoms with Gasteiger partial charge in [-0.05, 0) is 36.1 Å². The summed E-state index contributed by atoms with van der Waals surface area (Å²) in [6.45, 7) is 2.79. The fourth-order valence-electron chi connectivity index (χ4n) is 3.68. The lowest BCUT2D eigenvalue weighted by Crippen LogP contribution is -2.34. The first-order valence-corrected chi connectivity index (χ1v) is 8.85. The zero-order valence-electron chi connectivity index (χ0n) is 14.2. The molecule has 2 aliphatic rings. The summed E-state index contributed by atoms with van der Waals surface area (Å²) >= 11 is 0. The Kier molecular flexibility index (Phi) is 4.32. The van der Waals surface area contributed by atoms with Gasteiger partial charge in [0, 0.05) is 37.6 Å². The number of rotatable bonds is 3. The van der Waals surface area contributed by atoms with E-state index in [-0.39, 0.29) is 6.03 Å². The predicted molar refractivity (Wildman–Crippen MR) is 98.9 cm³/mol. The van der Waals surface area contributed by atoms with Crippen molar-refractivity contribution in [2.24, 2.45) is 0 Å². The van der Waals surface area contributed by atoms with Crippen LogP contribution >= 0.6 is 0 Å². The first-order valence-electron chi connectivity index (χ1n) is 8.85. The van der Waals surface area contributed by atoms with Crippen LogP contribution in [0.3, 0.4) is 0 Å². The highest BCUT2D eigenvalue weighted by Crippen LogP contribution is 2.30. The number of carbonyl (C=O) groups excluding carboxylic acids is 1. The SMILES string of the molecule is O=C(Nc1ccccc1CN1CCc2ccccc21)N1CC[C@H](O)C1. The molecule has 5 nitrogen and oxygen atoms in total. The van der Waals surface area contributed by atoms with E-state index in [9.17, 15) is 9.90 Å². The van der Waals surface area contributed by atoms with Crippen molar-refractivity contribution >= 4 is 17.4 Å². The quantitative estimate of drug-likeness (QED) is 0.905. The zero-order valence-corrected chi connectivity index (χ0v) is 14.2. The molecule has 1 fully saturated rings. The molecule has 130 valence electrons. The Morgan fingerprint density at radius 1 is 1.12 bits per heavy atom. The van der Waals surface area contributed by atoms with Gasteiger partial charge >= 0.3 is 6.03 Å². The van der Waals surface area contributed by atoms with Crippen molar-refractivity contribution < 1.29 is 9.90 Å². The van der Waals surface area contributed by atoms with Gasteiger partial charge < -0.3 is 20.2 Å². The number of aliphatic hydroxyl groups is 1. The summed E-state index contributed by atoms with van der Waals surface area (Å²) in [7, 11) is 0. The highest BCUT2D eigenvalue weighted by atomic mass is 16.3. The Morgan fingerprint density at radius 3 is 2.76 bits per heavy atom. The number of carbonyl (C=O) groups is 1. The third-order valence-electron chi connectivity index (χ3n) is 5.05. The summed E-state index contributed by atoms with van der Waals surface area (Å²) in [5.74, 6) is 0. The fraction of sp³-hybridized carbons (Fsp3) is 0.350. The molecule has 0 bridgehead atoms. The number of urea groups is 1. The predicted octanol–water partition coefficient (Wildman–Crippen LogP) is 2.85. The first-order chi connectivity index (χ1) is 12.2. The molecule has 1 saturated heterocycles. The standard InChI is InChI=1S/C20H23N3O2/c24-17-10-12-23(14-17)20(25)21-18-7-3-1-6-16(18)13-22-11-9-15-5-2-4-8-19(15)22/h1-8,17,24H,9-14H2,(H,21,25)/t17-/m0/s1. The van der Waals surface area contributed by atoms with Gasteiger partial charge in [0.15, 0.2) is 0 Å². The first kappa shape index (κ1) is 16.0. The largest absolute Gasteiger partial charge is 0.391 e. The molecule has 2 aromatic carbocycles. The smallest absolute Gasteiger partial charge is 0.321 e. The van der Waals surface area contributed by atoms with Crippen molar-refractivity contribution in [3.63, 3.8) is 0 Å². The monoisotopic (exact) mass is 337 g/mol. The lowest BCUT2D eigenvalue weighted by molar-refractivity contribution is 0.176. The van der Waals surface area contributed by atoms with Gasteiger partial charge in [0.1, 0.15) is 0 Å². The average molecular weight is 337 g/mol. The normalized spacial score (nSPS) is 19.2. The Hall–Kier alpha value is -2.53. The molecule has 0 unspecified atom stereocenters. The number of aliphatic hydroxyl groups excluding tert-OH is 1. The number of β-amino-alcohol motifs (C(OH)–C–C–N with tert-alkyl or cyclic N) is 1. The zero-order chi connectivity index (χ0) is 17.2. The molecule has 4 rings (SSSR count). The molecule has 2 amide bonds. The van der Waals surface area contributed by atoms with E-state index >= 15 is 0 Å². The maximum absolute atomic E-state index is 12.4. The highest BCUT2D eigenvalue weighted by Gasteiger charge is 2.25. The van der Waals surface area contributed by atoms with E-state index in [1.54, 1.807) is 4.90 Å². The average Bonchev–Trinajstić information content (AvgIpc) is 3.23. The van der Waals surface area contributed by atoms with Gasteiger partial charge in [0.05, 0.1) is 6.10 Å². The second kappa shape index (κ2) is 6.76. The molecule has 25 heavy (non-hydrogen) atoms. The molecule has 0 aromatic heterocycles. The van der Waals surface area contributed by atoms with Crippen LogP contribution in [0.2, 0.25) is 0 Å². The molecular formula is C20H23N3O2. The summed E-state index contributed by atoms with van der Waals surface area (Å²) in [4.78, 5) is 16.5. The molecule has 5 heteroatoms. The molecule has 0 radical (unpaired) electrons. The van der Waals surface area contributed by atoms with E-state index in [4.69, 9.17) is 0 Å². The number of fused-ring (bicyclic) bond motifs is 1. The van der Waals surface area contributed by atoms with Crippen LogP contribution in [0.4, 0.5) is 16.2 Å². The van der Waals surface area contributed by atoms with Crippen LogP contribution in [0.1, 0.15) is 17.5 Å². The second-order valence-electron chi connectivity index (χ2n) is 6.78. The van der Waals surface area contributed by atoms with E-state index in [0.29, 0.717) is 19.5 Å². The van der Waals surface area contributed by atoms with Crippen molar-refractivity contribution in [3.05, 3.63) is 59.7 Å². The number of nitrogens with zero attached hydrogens (tertiary/aromatic N) is 2. The van der Waals surface area contributed by atoms with Crippen LogP contribution in [0.5, 0.6) is 0 Å². The molecule has 2 heterocycles. The molecule has 0 saturated carbocycles. The van der Waals surface area contributed by atoms with Crippen LogP contribution in [0, 0.1) is 0 Å². The molecule has 0 spiro atoms. The van der Waals surface area contributed by atoms with Crippen LogP contribution in [-0.2, 0) is 13.0 Å². The van der Waals surface area contributed by atoms with Gasteiger partial charge in [0.25, 0.3) is 0 Å². The number of anilines is 2. The Morgan fingerprint density at radius 2 is 1.92 bits per heavy atom. The second-order valence-corrected chi connectivity index (χ2v) is 6.78. The molecular weight excluding hydrogens is 314 g/mol. The van der Waals surface area contributed by atoms with Gasteiger partial charge in [-0.25, -0.2) is 4.79 Å². The fourth-order valence-corrected chi connectivity index (χ4v) is 3.68. The summed E-state index contributed by atoms with van der Waals surface area (Å²) in [5.41, 5.74) is 4.62. The lowest BCUT2D eigenvalue weighted by Gasteiger charge is -2.23. The Bertz CT molecular complexity index is 777. The maximum Gasteiger partial charge on any atom is 0.321 e. The third-order valence-corrected chi connectivity index (χ3v) is 5.05. The van der Waals surface area contributed by atoms with Crippen molar-refractivity contribution in [1.82, 2.24) is 4.90 Å². The molecule has 2 N–H and O–H groups in total. The number of benzene rings is 2. The minimum atomic E-state index is -0.401. The summed E-state index contributed by atoms with van der Waals surface area (Å²) in [6, 6.07) is 16.3. The van der Waals surface area contributed by atoms with Crippen LogP contribution in [-0.4, -0.2) is 41.8 Å². The van der Waals surface area contributed by atoms with Crippen molar-refractivity contribution in [3.8, 4) is 0 Å². The van der Waals surface area contributed by atoms with Gasteiger partial charge in [-0.15, -0.1) is 0 Å². The Labute approximate surface area is 147 Å². The van der Waals surface area contributed by atoms with Gasteiger partial charge in [-0.2, -0.15) is 0 Å². The number of hydrogen-bond donors (Lipinski definition) is 2. The van der Waals surface area contributed by atoms with E-state index in [1.807, 2.05) is 18.2 Å². The van der Waals surface area contributed by atoms with E-state index in [0.717, 1.165) is 30.8 Å². The summed E-state index contributed by atoms with van der Waals surface area (Å²) in [5, 5.41) is 12.6. The number of para-hydroxylation sites is 2. The van der Waals surface area contributed by atoms with Gasteiger partial charge in [-0.1, -0.05) is 36.4 Å². The molecule has 2 aromatic rings. The third kappa shape index (κ3) is 3.33. The maximum atomic E-state index is 12.4. The van der Waals surface area contributed by atoms with E-state index in [2.05, 4.69) is 40.5 Å². The van der Waals surface area contributed by atoms with Crippen LogP contribution in [0.25, 0.3) is 0 Å². The number of hydrogen-bond acceptors (Lipinski definition) is 3. The van der Waals surface area contributed by atoms with E-state index < -0.39 is 6.10 Å². The number of likely N-dealkylation sites (tertiary alicyclic amines) is 1. The molecule has 2 aliphatic heterocycles. The van der Waals surface area contributed by atoms with Crippen molar-refractivity contribution in [2.45, 2.75) is 25.5 Å². The van der Waals surface area contributed by atoms with Crippen molar-refractivity contribution in [2.75, 3.05) is 29.9 Å². The van der Waals surface area contributed by atoms with Gasteiger partial charge in [0.2, 0.25) is 0 Å². The number of nitrogens with one attached hydrogen (secondary N) is 1. The topological polar surface area (TPSA) is 55.8 Å². The van der Waals surface area contributed by atoms with Gasteiger partial charge in [-0.3, -0.25) is 0 Å².